The Kier molecular flexibility index (Phi) is 5.65. The Morgan fingerprint density at radius 1 is 1.33 bits per heavy atom. The van der Waals surface area contributed by atoms with Crippen molar-refractivity contribution in [2.75, 3.05) is 17.8 Å². The van der Waals surface area contributed by atoms with Gasteiger partial charge in [-0.05, 0) is 18.1 Å². The Hall–Kier alpha value is -1.55. The first-order chi connectivity index (χ1) is 8.54. The van der Waals surface area contributed by atoms with E-state index in [-0.39, 0.29) is 17.7 Å². The fraction of sp³-hybridized carbons (Fsp3) is 0.385. The lowest BCUT2D eigenvalue weighted by Crippen LogP contribution is -2.17. The number of anilines is 1. The molecule has 5 heteroatoms. The van der Waals surface area contributed by atoms with Crippen molar-refractivity contribution < 1.29 is 14.3 Å². The van der Waals surface area contributed by atoms with Gasteiger partial charge in [0.05, 0.1) is 17.9 Å². The van der Waals surface area contributed by atoms with Gasteiger partial charge >= 0.3 is 5.97 Å². The zero-order chi connectivity index (χ0) is 13.5. The van der Waals surface area contributed by atoms with Gasteiger partial charge in [0.2, 0.25) is 5.91 Å². The number of amides is 1. The van der Waals surface area contributed by atoms with E-state index in [0.29, 0.717) is 17.9 Å². The van der Waals surface area contributed by atoms with Gasteiger partial charge in [0.15, 0.2) is 0 Å². The molecule has 1 aromatic rings. The van der Waals surface area contributed by atoms with Crippen molar-refractivity contribution in [1.29, 1.82) is 0 Å². The van der Waals surface area contributed by atoms with E-state index < -0.39 is 5.97 Å². The number of esters is 1. The van der Waals surface area contributed by atoms with Crippen LogP contribution in [0.1, 0.15) is 24.2 Å². The van der Waals surface area contributed by atoms with Crippen LogP contribution in [-0.4, -0.2) is 24.4 Å². The molecule has 0 radical (unpaired) electrons. The van der Waals surface area contributed by atoms with Crippen molar-refractivity contribution in [3.8, 4) is 0 Å². The molecule has 98 valence electrons. The summed E-state index contributed by atoms with van der Waals surface area (Å²) in [4.78, 5) is 23.1. The van der Waals surface area contributed by atoms with Crippen LogP contribution in [0.25, 0.3) is 0 Å². The van der Waals surface area contributed by atoms with Crippen LogP contribution in [-0.2, 0) is 9.53 Å². The van der Waals surface area contributed by atoms with Gasteiger partial charge in [0.25, 0.3) is 0 Å². The number of hydrogen-bond acceptors (Lipinski definition) is 3. The first-order valence-electron chi connectivity index (χ1n) is 5.66. The minimum absolute atomic E-state index is 0.157. The molecular formula is C13H16ClNO3. The van der Waals surface area contributed by atoms with Gasteiger partial charge in [0, 0.05) is 0 Å². The van der Waals surface area contributed by atoms with Crippen molar-refractivity contribution in [3.63, 3.8) is 0 Å². The molecule has 0 aliphatic heterocycles. The molecule has 0 saturated carbocycles. The highest BCUT2D eigenvalue weighted by Gasteiger charge is 2.14. The molecule has 0 aliphatic carbocycles. The van der Waals surface area contributed by atoms with Crippen LogP contribution in [0.15, 0.2) is 24.3 Å². The van der Waals surface area contributed by atoms with Crippen molar-refractivity contribution in [2.45, 2.75) is 13.8 Å². The Bertz CT molecular complexity index is 432. The van der Waals surface area contributed by atoms with Gasteiger partial charge in [-0.3, -0.25) is 4.79 Å². The highest BCUT2D eigenvalue weighted by molar-refractivity contribution is 6.29. The molecule has 0 aliphatic rings. The van der Waals surface area contributed by atoms with E-state index in [1.165, 1.54) is 0 Å². The van der Waals surface area contributed by atoms with Crippen LogP contribution < -0.4 is 5.32 Å². The van der Waals surface area contributed by atoms with Gasteiger partial charge in [0.1, 0.15) is 5.88 Å². The molecule has 0 heterocycles. The molecule has 0 fully saturated rings. The number of rotatable bonds is 5. The molecule has 4 nitrogen and oxygen atoms in total. The normalized spacial score (nSPS) is 10.2. The first kappa shape index (κ1) is 14.5. The number of nitrogens with one attached hydrogen (secondary N) is 1. The van der Waals surface area contributed by atoms with E-state index in [0.717, 1.165) is 0 Å². The third-order valence-electron chi connectivity index (χ3n) is 2.09. The minimum atomic E-state index is -0.450. The summed E-state index contributed by atoms with van der Waals surface area (Å²) in [5, 5.41) is 2.56. The molecule has 0 spiro atoms. The van der Waals surface area contributed by atoms with Crippen LogP contribution in [0.2, 0.25) is 0 Å². The Morgan fingerprint density at radius 2 is 2.00 bits per heavy atom. The summed E-state index contributed by atoms with van der Waals surface area (Å²) in [6.07, 6.45) is 0. The molecule has 0 saturated heterocycles. The summed E-state index contributed by atoms with van der Waals surface area (Å²) >= 11 is 5.41. The average molecular weight is 270 g/mol. The second-order valence-corrected chi connectivity index (χ2v) is 4.49. The molecule has 0 unspecified atom stereocenters. The number of carbonyl (C=O) groups excluding carboxylic acids is 2. The number of halogens is 1. The van der Waals surface area contributed by atoms with E-state index in [2.05, 4.69) is 5.32 Å². The maximum Gasteiger partial charge on any atom is 0.340 e. The van der Waals surface area contributed by atoms with Crippen molar-refractivity contribution in [3.05, 3.63) is 29.8 Å². The number of hydrogen-bond donors (Lipinski definition) is 1. The minimum Gasteiger partial charge on any atom is -0.462 e. The van der Waals surface area contributed by atoms with E-state index in [9.17, 15) is 9.59 Å². The van der Waals surface area contributed by atoms with E-state index in [1.807, 2.05) is 13.8 Å². The van der Waals surface area contributed by atoms with E-state index >= 15 is 0 Å². The van der Waals surface area contributed by atoms with Crippen LogP contribution >= 0.6 is 11.6 Å². The molecule has 1 N–H and O–H groups in total. The predicted molar refractivity (Wildman–Crippen MR) is 70.9 cm³/mol. The second-order valence-electron chi connectivity index (χ2n) is 4.22. The standard InChI is InChI=1S/C13H16ClNO3/c1-9(2)8-18-13(17)10-5-3-4-6-11(10)15-12(16)7-14/h3-6,9H,7-8H2,1-2H3,(H,15,16). The summed E-state index contributed by atoms with van der Waals surface area (Å²) in [6, 6.07) is 6.67. The molecule has 0 bridgehead atoms. The number of carbonyl (C=O) groups is 2. The van der Waals surface area contributed by atoms with Crippen LogP contribution in [0, 0.1) is 5.92 Å². The quantitative estimate of drug-likeness (QED) is 0.660. The third-order valence-corrected chi connectivity index (χ3v) is 2.33. The number of para-hydroxylation sites is 1. The lowest BCUT2D eigenvalue weighted by molar-refractivity contribution is -0.113. The maximum atomic E-state index is 11.8. The van der Waals surface area contributed by atoms with Crippen molar-refractivity contribution in [2.24, 2.45) is 5.92 Å². The van der Waals surface area contributed by atoms with Gasteiger partial charge < -0.3 is 10.1 Å². The summed E-state index contributed by atoms with van der Waals surface area (Å²) in [7, 11) is 0. The van der Waals surface area contributed by atoms with Crippen molar-refractivity contribution in [1.82, 2.24) is 0 Å². The lowest BCUT2D eigenvalue weighted by Gasteiger charge is -2.11. The second kappa shape index (κ2) is 7.01. The Balaban J connectivity index is 2.81. The third kappa shape index (κ3) is 4.37. The summed E-state index contributed by atoms with van der Waals surface area (Å²) in [6.45, 7) is 4.25. The smallest absolute Gasteiger partial charge is 0.340 e. The topological polar surface area (TPSA) is 55.4 Å². The van der Waals surface area contributed by atoms with Gasteiger partial charge in [-0.1, -0.05) is 26.0 Å². The van der Waals surface area contributed by atoms with Crippen LogP contribution in [0.5, 0.6) is 0 Å². The average Bonchev–Trinajstić information content (AvgIpc) is 2.36. The molecule has 0 aromatic heterocycles. The van der Waals surface area contributed by atoms with Crippen LogP contribution in [0.4, 0.5) is 5.69 Å². The maximum absolute atomic E-state index is 11.8. The lowest BCUT2D eigenvalue weighted by atomic mass is 10.1. The SMILES string of the molecule is CC(C)COC(=O)c1ccccc1NC(=O)CCl. The Labute approximate surface area is 111 Å². The van der Waals surface area contributed by atoms with Crippen molar-refractivity contribution >= 4 is 29.2 Å². The largest absolute Gasteiger partial charge is 0.462 e. The summed E-state index contributed by atoms with van der Waals surface area (Å²) in [5.74, 6) is -0.705. The molecule has 1 aromatic carbocycles. The zero-order valence-corrected chi connectivity index (χ0v) is 11.2. The predicted octanol–water partition coefficient (Wildman–Crippen LogP) is 2.68. The molecule has 18 heavy (non-hydrogen) atoms. The number of ether oxygens (including phenoxy) is 1. The van der Waals surface area contributed by atoms with Gasteiger partial charge in [-0.2, -0.15) is 0 Å². The summed E-state index contributed by atoms with van der Waals surface area (Å²) < 4.78 is 5.12. The van der Waals surface area contributed by atoms with Gasteiger partial charge in [-0.15, -0.1) is 11.6 Å². The number of benzene rings is 1. The zero-order valence-electron chi connectivity index (χ0n) is 10.4. The molecule has 0 atom stereocenters. The summed E-state index contributed by atoms with van der Waals surface area (Å²) in [5.41, 5.74) is 0.744. The van der Waals surface area contributed by atoms with E-state index in [4.69, 9.17) is 16.3 Å². The molecule has 1 rings (SSSR count). The number of alkyl halides is 1. The highest BCUT2D eigenvalue weighted by atomic mass is 35.5. The van der Waals surface area contributed by atoms with Crippen LogP contribution in [0.3, 0.4) is 0 Å². The highest BCUT2D eigenvalue weighted by Crippen LogP contribution is 2.16. The fourth-order valence-corrected chi connectivity index (χ4v) is 1.34. The fourth-order valence-electron chi connectivity index (χ4n) is 1.27. The van der Waals surface area contributed by atoms with E-state index in [1.54, 1.807) is 24.3 Å². The molecule has 1 amide bonds. The molecular weight excluding hydrogens is 254 g/mol. The monoisotopic (exact) mass is 269 g/mol. The first-order valence-corrected chi connectivity index (χ1v) is 6.20. The Morgan fingerprint density at radius 3 is 2.61 bits per heavy atom. The van der Waals surface area contributed by atoms with Gasteiger partial charge in [-0.25, -0.2) is 4.79 Å².